The maximum atomic E-state index is 10.7. The molecule has 0 aromatic carbocycles. The van der Waals surface area contributed by atoms with Crippen molar-refractivity contribution in [2.45, 2.75) is 0 Å². The number of rotatable bonds is 1. The second kappa shape index (κ2) is 2.55. The molecule has 0 fully saturated rings. The highest BCUT2D eigenvalue weighted by atomic mass is 32.1. The van der Waals surface area contributed by atoms with Crippen molar-refractivity contribution in [3.8, 4) is 0 Å². The van der Waals surface area contributed by atoms with Crippen molar-refractivity contribution in [2.24, 2.45) is 4.99 Å². The van der Waals surface area contributed by atoms with Gasteiger partial charge in [-0.1, -0.05) is 6.07 Å². The van der Waals surface area contributed by atoms with Crippen molar-refractivity contribution in [1.29, 1.82) is 0 Å². The van der Waals surface area contributed by atoms with Crippen molar-refractivity contribution in [2.75, 3.05) is 0 Å². The van der Waals surface area contributed by atoms with Gasteiger partial charge in [0.15, 0.2) is 0 Å². The minimum atomic E-state index is -0.245. The Balaban J connectivity index is 2.89. The number of carbonyl (C=O) groups excluding carboxylic acids is 1. The molecule has 1 rings (SSSR count). The first kappa shape index (κ1) is 6.16. The fraction of sp³-hybridized carbons (Fsp3) is 0. The van der Waals surface area contributed by atoms with Crippen molar-refractivity contribution in [1.82, 2.24) is 0 Å². The molecule has 3 heteroatoms. The van der Waals surface area contributed by atoms with Crippen LogP contribution >= 0.6 is 11.3 Å². The summed E-state index contributed by atoms with van der Waals surface area (Å²) in [6.07, 6.45) is 0. The lowest BCUT2D eigenvalue weighted by molar-refractivity contribution is 0.101. The molecular formula is C6H5NOS. The molecule has 0 saturated heterocycles. The van der Waals surface area contributed by atoms with E-state index in [-0.39, 0.29) is 5.91 Å². The highest BCUT2D eigenvalue weighted by Gasteiger charge is 2.00. The highest BCUT2D eigenvalue weighted by Crippen LogP contribution is 2.08. The van der Waals surface area contributed by atoms with Crippen molar-refractivity contribution in [3.63, 3.8) is 0 Å². The van der Waals surface area contributed by atoms with Gasteiger partial charge in [0.2, 0.25) is 0 Å². The maximum absolute atomic E-state index is 10.7. The van der Waals surface area contributed by atoms with Gasteiger partial charge in [0, 0.05) is 0 Å². The molecule has 1 heterocycles. The first-order valence-electron chi connectivity index (χ1n) is 2.39. The molecule has 1 amide bonds. The summed E-state index contributed by atoms with van der Waals surface area (Å²) < 4.78 is 0. The lowest BCUT2D eigenvalue weighted by Gasteiger charge is -1.81. The molecule has 0 bridgehead atoms. The number of nitrogens with zero attached hydrogens (tertiary/aromatic N) is 1. The van der Waals surface area contributed by atoms with E-state index in [1.165, 1.54) is 11.3 Å². The van der Waals surface area contributed by atoms with E-state index in [9.17, 15) is 4.79 Å². The highest BCUT2D eigenvalue weighted by molar-refractivity contribution is 7.12. The summed E-state index contributed by atoms with van der Waals surface area (Å²) in [5, 5.41) is 1.83. The fourth-order valence-corrected chi connectivity index (χ4v) is 1.10. The van der Waals surface area contributed by atoms with Gasteiger partial charge in [-0.15, -0.1) is 11.3 Å². The van der Waals surface area contributed by atoms with Crippen LogP contribution in [0.25, 0.3) is 0 Å². The Kier molecular flexibility index (Phi) is 1.75. The Morgan fingerprint density at radius 2 is 2.56 bits per heavy atom. The number of amides is 1. The molecule has 0 unspecified atom stereocenters. The van der Waals surface area contributed by atoms with E-state index >= 15 is 0 Å². The zero-order chi connectivity index (χ0) is 6.69. The van der Waals surface area contributed by atoms with Crippen LogP contribution in [0.5, 0.6) is 0 Å². The Hall–Kier alpha value is -0.960. The average Bonchev–Trinajstić information content (AvgIpc) is 2.37. The average molecular weight is 139 g/mol. The van der Waals surface area contributed by atoms with Crippen LogP contribution in [-0.4, -0.2) is 12.6 Å². The van der Waals surface area contributed by atoms with Crippen LogP contribution < -0.4 is 0 Å². The van der Waals surface area contributed by atoms with Gasteiger partial charge in [0.1, 0.15) is 0 Å². The first-order chi connectivity index (χ1) is 4.34. The van der Waals surface area contributed by atoms with Gasteiger partial charge in [-0.25, -0.2) is 4.99 Å². The number of thiophene rings is 1. The van der Waals surface area contributed by atoms with E-state index in [0.717, 1.165) is 0 Å². The van der Waals surface area contributed by atoms with E-state index in [2.05, 4.69) is 11.7 Å². The second-order valence-electron chi connectivity index (χ2n) is 1.44. The first-order valence-corrected chi connectivity index (χ1v) is 3.27. The molecule has 0 saturated carbocycles. The molecule has 0 aliphatic carbocycles. The van der Waals surface area contributed by atoms with E-state index in [4.69, 9.17) is 0 Å². The van der Waals surface area contributed by atoms with E-state index in [1.807, 2.05) is 11.4 Å². The predicted octanol–water partition coefficient (Wildman–Crippen LogP) is 1.59. The third-order valence-corrected chi connectivity index (χ3v) is 1.73. The van der Waals surface area contributed by atoms with Crippen molar-refractivity contribution >= 4 is 24.0 Å². The van der Waals surface area contributed by atoms with Gasteiger partial charge in [-0.2, -0.15) is 0 Å². The van der Waals surface area contributed by atoms with Gasteiger partial charge in [0.05, 0.1) is 4.88 Å². The number of carbonyl (C=O) groups is 1. The number of hydrogen-bond donors (Lipinski definition) is 0. The fourth-order valence-electron chi connectivity index (χ4n) is 0.478. The lowest BCUT2D eigenvalue weighted by atomic mass is 10.5. The van der Waals surface area contributed by atoms with Crippen LogP contribution in [0.2, 0.25) is 0 Å². The molecule has 1 aromatic heterocycles. The largest absolute Gasteiger partial charge is 0.286 e. The van der Waals surface area contributed by atoms with Gasteiger partial charge in [0.25, 0.3) is 5.91 Å². The summed E-state index contributed by atoms with van der Waals surface area (Å²) in [6.45, 7) is 3.12. The summed E-state index contributed by atoms with van der Waals surface area (Å²) >= 11 is 1.37. The summed E-state index contributed by atoms with van der Waals surface area (Å²) in [6, 6.07) is 3.53. The molecule has 0 atom stereocenters. The summed E-state index contributed by atoms with van der Waals surface area (Å²) in [4.78, 5) is 14.6. The van der Waals surface area contributed by atoms with Gasteiger partial charge < -0.3 is 0 Å². The minimum Gasteiger partial charge on any atom is -0.266 e. The third kappa shape index (κ3) is 1.23. The number of aliphatic imine (C=N–C) groups is 1. The van der Waals surface area contributed by atoms with E-state index in [0.29, 0.717) is 4.88 Å². The zero-order valence-corrected chi connectivity index (χ0v) is 5.52. The maximum Gasteiger partial charge on any atom is 0.286 e. The van der Waals surface area contributed by atoms with Crippen LogP contribution in [0, 0.1) is 0 Å². The number of hydrogen-bond acceptors (Lipinski definition) is 2. The standard InChI is InChI=1S/C6H5NOS/c1-7-6(8)5-3-2-4-9-5/h2-4H,1H2. The molecule has 1 aromatic rings. The Morgan fingerprint density at radius 1 is 1.78 bits per heavy atom. The van der Waals surface area contributed by atoms with Crippen molar-refractivity contribution in [3.05, 3.63) is 22.4 Å². The van der Waals surface area contributed by atoms with Gasteiger partial charge in [-0.3, -0.25) is 4.79 Å². The molecule has 0 aliphatic rings. The van der Waals surface area contributed by atoms with E-state index in [1.54, 1.807) is 6.07 Å². The van der Waals surface area contributed by atoms with Crippen LogP contribution in [-0.2, 0) is 0 Å². The summed E-state index contributed by atoms with van der Waals surface area (Å²) in [7, 11) is 0. The molecule has 0 radical (unpaired) electrons. The normalized spacial score (nSPS) is 8.89. The molecule has 0 N–H and O–H groups in total. The minimum absolute atomic E-state index is 0.245. The monoisotopic (exact) mass is 139 g/mol. The Morgan fingerprint density at radius 3 is 3.00 bits per heavy atom. The van der Waals surface area contributed by atoms with Crippen LogP contribution in [0.4, 0.5) is 0 Å². The third-order valence-electron chi connectivity index (χ3n) is 0.876. The smallest absolute Gasteiger partial charge is 0.266 e. The second-order valence-corrected chi connectivity index (χ2v) is 2.39. The van der Waals surface area contributed by atoms with Crippen LogP contribution in [0.3, 0.4) is 0 Å². The lowest BCUT2D eigenvalue weighted by Crippen LogP contribution is -1.86. The Labute approximate surface area is 56.9 Å². The van der Waals surface area contributed by atoms with Gasteiger partial charge >= 0.3 is 0 Å². The topological polar surface area (TPSA) is 29.4 Å². The Bertz CT molecular complexity index is 215. The molecule has 2 nitrogen and oxygen atoms in total. The molecule has 9 heavy (non-hydrogen) atoms. The van der Waals surface area contributed by atoms with Crippen molar-refractivity contribution < 1.29 is 4.79 Å². The van der Waals surface area contributed by atoms with E-state index < -0.39 is 0 Å². The van der Waals surface area contributed by atoms with Gasteiger partial charge in [-0.05, 0) is 18.2 Å². The SMILES string of the molecule is C=NC(=O)c1cccs1. The quantitative estimate of drug-likeness (QED) is 0.543. The molecule has 46 valence electrons. The molecular weight excluding hydrogens is 134 g/mol. The predicted molar refractivity (Wildman–Crippen MR) is 38.2 cm³/mol. The zero-order valence-electron chi connectivity index (χ0n) is 4.70. The summed E-state index contributed by atoms with van der Waals surface area (Å²) in [5.74, 6) is -0.245. The molecule has 0 aliphatic heterocycles. The van der Waals surface area contributed by atoms with Crippen LogP contribution in [0.15, 0.2) is 22.5 Å². The van der Waals surface area contributed by atoms with Crippen LogP contribution in [0.1, 0.15) is 9.67 Å². The molecule has 0 spiro atoms. The summed E-state index contributed by atoms with van der Waals surface area (Å²) in [5.41, 5.74) is 0.